The van der Waals surface area contributed by atoms with Crippen LogP contribution in [0.15, 0.2) is 48.5 Å². The molecule has 0 bridgehead atoms. The monoisotopic (exact) mass is 340 g/mol. The molecule has 5 nitrogen and oxygen atoms in total. The van der Waals surface area contributed by atoms with Crippen LogP contribution in [0, 0.1) is 10.1 Å². The Hall–Kier alpha value is -2.53. The third-order valence-corrected chi connectivity index (χ3v) is 4.09. The summed E-state index contributed by atoms with van der Waals surface area (Å²) in [6, 6.07) is 14.2. The highest BCUT2D eigenvalue weighted by Crippen LogP contribution is 2.22. The molecule has 0 aliphatic rings. The van der Waals surface area contributed by atoms with E-state index in [1.807, 2.05) is 11.9 Å². The van der Waals surface area contributed by atoms with Crippen LogP contribution < -0.4 is 0 Å². The fourth-order valence-electron chi connectivity index (χ4n) is 2.58. The van der Waals surface area contributed by atoms with Gasteiger partial charge in [-0.25, -0.2) is 0 Å². The second kappa shape index (κ2) is 7.57. The summed E-state index contributed by atoms with van der Waals surface area (Å²) in [4.78, 5) is 24.4. The summed E-state index contributed by atoms with van der Waals surface area (Å²) in [5.41, 5.74) is 3.02. The molecule has 0 amide bonds. The largest absolute Gasteiger partial charge is 0.295 e. The van der Waals surface area contributed by atoms with Gasteiger partial charge < -0.3 is 0 Å². The van der Waals surface area contributed by atoms with Crippen molar-refractivity contribution >= 4 is 11.5 Å². The summed E-state index contributed by atoms with van der Waals surface area (Å²) < 4.78 is 0. The third-order valence-electron chi connectivity index (χ3n) is 4.09. The summed E-state index contributed by atoms with van der Waals surface area (Å²) in [7, 11) is 1.89. The van der Waals surface area contributed by atoms with Crippen LogP contribution in [-0.2, 0) is 12.0 Å². The van der Waals surface area contributed by atoms with Gasteiger partial charge in [-0.2, -0.15) is 0 Å². The Morgan fingerprint density at radius 3 is 2.08 bits per heavy atom. The first-order valence-electron chi connectivity index (χ1n) is 8.22. The maximum atomic E-state index is 12.3. The molecule has 2 aromatic rings. The van der Waals surface area contributed by atoms with E-state index in [4.69, 9.17) is 0 Å². The number of hydrogen-bond donors (Lipinski definition) is 0. The molecule has 0 aromatic heterocycles. The number of nitro groups is 1. The van der Waals surface area contributed by atoms with Crippen molar-refractivity contribution in [2.45, 2.75) is 32.7 Å². The van der Waals surface area contributed by atoms with Crippen molar-refractivity contribution in [1.29, 1.82) is 0 Å². The molecule has 0 N–H and O–H groups in total. The van der Waals surface area contributed by atoms with E-state index in [1.165, 1.54) is 29.8 Å². The number of benzene rings is 2. The van der Waals surface area contributed by atoms with Gasteiger partial charge in [0.15, 0.2) is 5.78 Å². The Kier molecular flexibility index (Phi) is 5.69. The Morgan fingerprint density at radius 2 is 1.60 bits per heavy atom. The van der Waals surface area contributed by atoms with Gasteiger partial charge in [-0.1, -0.05) is 45.0 Å². The SMILES string of the molecule is CN(CC(=O)c1ccc([N+](=O)[O-])cc1)Cc1ccc(C(C)(C)C)cc1. The molecule has 0 radical (unpaired) electrons. The van der Waals surface area contributed by atoms with Crippen LogP contribution in [0.3, 0.4) is 0 Å². The fourth-order valence-corrected chi connectivity index (χ4v) is 2.58. The average molecular weight is 340 g/mol. The third kappa shape index (κ3) is 5.22. The lowest BCUT2D eigenvalue weighted by atomic mass is 9.87. The van der Waals surface area contributed by atoms with Crippen molar-refractivity contribution in [3.8, 4) is 0 Å². The topological polar surface area (TPSA) is 63.5 Å². The second-order valence-corrected chi connectivity index (χ2v) is 7.35. The van der Waals surface area contributed by atoms with E-state index >= 15 is 0 Å². The Bertz CT molecular complexity index is 744. The minimum absolute atomic E-state index is 0.0103. The van der Waals surface area contributed by atoms with E-state index in [9.17, 15) is 14.9 Å². The summed E-state index contributed by atoms with van der Waals surface area (Å²) in [5.74, 6) is -0.0521. The van der Waals surface area contributed by atoms with Gasteiger partial charge in [0.2, 0.25) is 0 Å². The number of nitro benzene ring substituents is 1. The second-order valence-electron chi connectivity index (χ2n) is 7.35. The van der Waals surface area contributed by atoms with Crippen molar-refractivity contribution in [3.63, 3.8) is 0 Å². The predicted octanol–water partition coefficient (Wildman–Crippen LogP) is 4.21. The Balaban J connectivity index is 1.96. The van der Waals surface area contributed by atoms with Crippen molar-refractivity contribution in [1.82, 2.24) is 4.90 Å². The number of carbonyl (C=O) groups excluding carboxylic acids is 1. The first kappa shape index (κ1) is 18.8. The zero-order valence-electron chi connectivity index (χ0n) is 15.2. The summed E-state index contributed by atoms with van der Waals surface area (Å²) in [6.45, 7) is 7.47. The maximum Gasteiger partial charge on any atom is 0.269 e. The van der Waals surface area contributed by atoms with Gasteiger partial charge in [0.1, 0.15) is 0 Å². The zero-order valence-corrected chi connectivity index (χ0v) is 15.2. The number of ketones is 1. The predicted molar refractivity (Wildman–Crippen MR) is 98.9 cm³/mol. The molecule has 0 spiro atoms. The number of hydrogen-bond acceptors (Lipinski definition) is 4. The normalized spacial score (nSPS) is 11.6. The number of nitrogens with zero attached hydrogens (tertiary/aromatic N) is 2. The fraction of sp³-hybridized carbons (Fsp3) is 0.350. The quantitative estimate of drug-likeness (QED) is 0.449. The highest BCUT2D eigenvalue weighted by molar-refractivity contribution is 5.97. The van der Waals surface area contributed by atoms with Gasteiger partial charge in [-0.15, -0.1) is 0 Å². The molecule has 0 saturated carbocycles. The van der Waals surface area contributed by atoms with E-state index in [2.05, 4.69) is 45.0 Å². The van der Waals surface area contributed by atoms with E-state index in [-0.39, 0.29) is 23.4 Å². The smallest absolute Gasteiger partial charge is 0.269 e. The number of carbonyl (C=O) groups is 1. The van der Waals surface area contributed by atoms with Crippen LogP contribution >= 0.6 is 0 Å². The van der Waals surface area contributed by atoms with E-state index in [0.29, 0.717) is 12.1 Å². The first-order chi connectivity index (χ1) is 11.7. The van der Waals surface area contributed by atoms with Gasteiger partial charge in [-0.3, -0.25) is 19.8 Å². The molecule has 0 aliphatic carbocycles. The van der Waals surface area contributed by atoms with E-state index in [1.54, 1.807) is 0 Å². The molecule has 25 heavy (non-hydrogen) atoms. The lowest BCUT2D eigenvalue weighted by molar-refractivity contribution is -0.384. The molecule has 5 heteroatoms. The van der Waals surface area contributed by atoms with Crippen LogP contribution in [0.25, 0.3) is 0 Å². The van der Waals surface area contributed by atoms with Gasteiger partial charge in [0, 0.05) is 24.2 Å². The van der Waals surface area contributed by atoms with E-state index in [0.717, 1.165) is 5.56 Å². The molecule has 0 atom stereocenters. The summed E-state index contributed by atoms with van der Waals surface area (Å²) >= 11 is 0. The lowest BCUT2D eigenvalue weighted by Crippen LogP contribution is -2.25. The summed E-state index contributed by atoms with van der Waals surface area (Å²) in [5, 5.41) is 10.7. The first-order valence-corrected chi connectivity index (χ1v) is 8.22. The molecule has 132 valence electrons. The van der Waals surface area contributed by atoms with Crippen molar-refractivity contribution < 1.29 is 9.72 Å². The minimum atomic E-state index is -0.471. The van der Waals surface area contributed by atoms with Gasteiger partial charge in [-0.05, 0) is 35.7 Å². The lowest BCUT2D eigenvalue weighted by Gasteiger charge is -2.20. The Labute approximate surface area is 148 Å². The molecular formula is C20H24N2O3. The van der Waals surface area contributed by atoms with Crippen LogP contribution in [0.4, 0.5) is 5.69 Å². The molecule has 0 aliphatic heterocycles. The number of non-ortho nitro benzene ring substituents is 1. The van der Waals surface area contributed by atoms with E-state index < -0.39 is 4.92 Å². The molecule has 0 saturated heterocycles. The molecule has 2 aromatic carbocycles. The minimum Gasteiger partial charge on any atom is -0.295 e. The zero-order chi connectivity index (χ0) is 18.6. The molecule has 0 unspecified atom stereocenters. The highest BCUT2D eigenvalue weighted by atomic mass is 16.6. The highest BCUT2D eigenvalue weighted by Gasteiger charge is 2.14. The van der Waals surface area contributed by atoms with Gasteiger partial charge >= 0.3 is 0 Å². The van der Waals surface area contributed by atoms with Crippen LogP contribution in [0.2, 0.25) is 0 Å². The maximum absolute atomic E-state index is 12.3. The average Bonchev–Trinajstić information content (AvgIpc) is 2.54. The number of rotatable bonds is 6. The summed E-state index contributed by atoms with van der Waals surface area (Å²) in [6.07, 6.45) is 0. The molecular weight excluding hydrogens is 316 g/mol. The molecule has 2 rings (SSSR count). The van der Waals surface area contributed by atoms with Crippen LogP contribution in [-0.4, -0.2) is 29.2 Å². The van der Waals surface area contributed by atoms with Gasteiger partial charge in [0.25, 0.3) is 5.69 Å². The Morgan fingerprint density at radius 1 is 1.04 bits per heavy atom. The molecule has 0 heterocycles. The van der Waals surface area contributed by atoms with Crippen LogP contribution in [0.5, 0.6) is 0 Å². The van der Waals surface area contributed by atoms with Crippen molar-refractivity contribution in [2.24, 2.45) is 0 Å². The number of likely N-dealkylation sites (N-methyl/N-ethyl adjacent to an activating group) is 1. The molecule has 0 fully saturated rings. The standard InChI is InChI=1S/C20H24N2O3/c1-20(2,3)17-9-5-15(6-10-17)13-21(4)14-19(23)16-7-11-18(12-8-16)22(24)25/h5-12H,13-14H2,1-4H3. The van der Waals surface area contributed by atoms with Crippen LogP contribution in [0.1, 0.15) is 42.3 Å². The van der Waals surface area contributed by atoms with Crippen molar-refractivity contribution in [3.05, 3.63) is 75.3 Å². The number of Topliss-reactive ketones (excluding diaryl/α,β-unsaturated/α-hetero) is 1. The van der Waals surface area contributed by atoms with Crippen molar-refractivity contribution in [2.75, 3.05) is 13.6 Å². The van der Waals surface area contributed by atoms with Gasteiger partial charge in [0.05, 0.1) is 11.5 Å².